The van der Waals surface area contributed by atoms with Gasteiger partial charge in [-0.05, 0) is 74.9 Å². The Labute approximate surface area is 214 Å². The third kappa shape index (κ3) is 5.16. The molecule has 36 heavy (non-hydrogen) atoms. The fourth-order valence-corrected chi connectivity index (χ4v) is 4.41. The number of fused-ring (bicyclic) bond motifs is 1. The van der Waals surface area contributed by atoms with E-state index >= 15 is 0 Å². The van der Waals surface area contributed by atoms with E-state index in [1.54, 1.807) is 28.8 Å². The van der Waals surface area contributed by atoms with Gasteiger partial charge in [-0.15, -0.1) is 0 Å². The second-order valence-electron chi connectivity index (χ2n) is 8.45. The largest absolute Gasteiger partial charge is 0.372 e. The molecule has 0 aliphatic carbocycles. The molecule has 4 aromatic rings. The molecule has 0 unspecified atom stereocenters. The molecule has 2 aromatic carbocycles. The Balaban J connectivity index is 1.68. The molecule has 0 radical (unpaired) electrons. The van der Waals surface area contributed by atoms with Crippen molar-refractivity contribution in [2.45, 2.75) is 27.3 Å². The van der Waals surface area contributed by atoms with Gasteiger partial charge in [0.1, 0.15) is 6.54 Å². The zero-order chi connectivity index (χ0) is 25.8. The van der Waals surface area contributed by atoms with Gasteiger partial charge in [0.05, 0.1) is 11.1 Å². The summed E-state index contributed by atoms with van der Waals surface area (Å²) in [5.74, 6) is -0.725. The van der Waals surface area contributed by atoms with E-state index in [0.29, 0.717) is 21.8 Å². The van der Waals surface area contributed by atoms with E-state index in [0.717, 1.165) is 24.3 Å². The maximum absolute atomic E-state index is 13.2. The zero-order valence-electron chi connectivity index (χ0n) is 20.4. The van der Waals surface area contributed by atoms with Crippen LogP contribution in [0.2, 0.25) is 5.02 Å². The topological polar surface area (TPSA) is 84.3 Å². The van der Waals surface area contributed by atoms with Gasteiger partial charge in [-0.3, -0.25) is 19.4 Å². The van der Waals surface area contributed by atoms with E-state index in [4.69, 9.17) is 11.6 Å². The van der Waals surface area contributed by atoms with Crippen LogP contribution in [0.15, 0.2) is 71.9 Å². The Morgan fingerprint density at radius 1 is 1.03 bits per heavy atom. The number of carbonyl (C=O) groups is 2. The van der Waals surface area contributed by atoms with Crippen molar-refractivity contribution < 1.29 is 9.59 Å². The molecule has 1 N–H and O–H groups in total. The van der Waals surface area contributed by atoms with E-state index in [-0.39, 0.29) is 23.4 Å². The predicted molar refractivity (Wildman–Crippen MR) is 144 cm³/mol. The van der Waals surface area contributed by atoms with Gasteiger partial charge in [0.2, 0.25) is 11.3 Å². The molecule has 4 rings (SSSR count). The highest BCUT2D eigenvalue weighted by Crippen LogP contribution is 2.23. The highest BCUT2D eigenvalue weighted by atomic mass is 35.5. The van der Waals surface area contributed by atoms with Crippen LogP contribution in [0.5, 0.6) is 0 Å². The van der Waals surface area contributed by atoms with Crippen molar-refractivity contribution in [1.29, 1.82) is 0 Å². The van der Waals surface area contributed by atoms with Crippen LogP contribution < -0.4 is 15.6 Å². The number of carbonyl (C=O) groups excluding carboxylic acids is 2. The number of hydrogen-bond donors (Lipinski definition) is 1. The van der Waals surface area contributed by atoms with Crippen LogP contribution in [0.4, 0.5) is 11.4 Å². The molecule has 2 heterocycles. The van der Waals surface area contributed by atoms with Gasteiger partial charge in [-0.25, -0.2) is 0 Å². The highest BCUT2D eigenvalue weighted by Gasteiger charge is 2.19. The van der Waals surface area contributed by atoms with E-state index in [2.05, 4.69) is 29.0 Å². The van der Waals surface area contributed by atoms with Gasteiger partial charge >= 0.3 is 0 Å². The molecule has 0 aliphatic heterocycles. The molecule has 2 aromatic heterocycles. The average molecular weight is 503 g/mol. The van der Waals surface area contributed by atoms with Gasteiger partial charge in [0.15, 0.2) is 5.78 Å². The van der Waals surface area contributed by atoms with E-state index < -0.39 is 11.2 Å². The minimum absolute atomic E-state index is 0.0384. The Morgan fingerprint density at radius 3 is 2.42 bits per heavy atom. The number of nitrogens with one attached hydrogen (secondary N) is 1. The molecule has 0 fully saturated rings. The third-order valence-electron chi connectivity index (χ3n) is 6.16. The number of rotatable bonds is 8. The Morgan fingerprint density at radius 2 is 1.75 bits per heavy atom. The molecular weight excluding hydrogens is 476 g/mol. The number of anilines is 2. The van der Waals surface area contributed by atoms with Gasteiger partial charge in [-0.1, -0.05) is 11.6 Å². The fraction of sp³-hybridized carbons (Fsp3) is 0.214. The number of amides is 1. The number of aryl methyl sites for hydroxylation is 1. The Hall–Kier alpha value is -3.97. The van der Waals surface area contributed by atoms with Crippen LogP contribution in [-0.4, -0.2) is 34.3 Å². The van der Waals surface area contributed by atoms with Crippen LogP contribution in [0.25, 0.3) is 10.9 Å². The van der Waals surface area contributed by atoms with Gasteiger partial charge in [0, 0.05) is 59.0 Å². The maximum atomic E-state index is 13.2. The minimum Gasteiger partial charge on any atom is -0.372 e. The summed E-state index contributed by atoms with van der Waals surface area (Å²) in [7, 11) is 0. The molecule has 8 heteroatoms. The summed E-state index contributed by atoms with van der Waals surface area (Å²) in [4.78, 5) is 45.6. The van der Waals surface area contributed by atoms with Gasteiger partial charge in [0.25, 0.3) is 0 Å². The van der Waals surface area contributed by atoms with Crippen molar-refractivity contribution in [2.75, 3.05) is 23.3 Å². The number of benzene rings is 2. The Bertz CT molecular complexity index is 1490. The molecule has 0 bridgehead atoms. The molecular formula is C28H27ClN4O3. The first-order chi connectivity index (χ1) is 17.3. The summed E-state index contributed by atoms with van der Waals surface area (Å²) in [6, 6.07) is 13.9. The lowest BCUT2D eigenvalue weighted by Gasteiger charge is -2.22. The monoisotopic (exact) mass is 502 g/mol. The van der Waals surface area contributed by atoms with Crippen molar-refractivity contribution in [1.82, 2.24) is 9.55 Å². The molecule has 0 saturated carbocycles. The molecule has 184 valence electrons. The zero-order valence-corrected chi connectivity index (χ0v) is 21.2. The van der Waals surface area contributed by atoms with E-state index in [9.17, 15) is 14.4 Å². The first-order valence-electron chi connectivity index (χ1n) is 11.7. The van der Waals surface area contributed by atoms with Crippen LogP contribution >= 0.6 is 11.6 Å². The maximum Gasteiger partial charge on any atom is 0.244 e. The molecule has 7 nitrogen and oxygen atoms in total. The first kappa shape index (κ1) is 25.1. The lowest BCUT2D eigenvalue weighted by molar-refractivity contribution is -0.116. The minimum atomic E-state index is -0.443. The number of pyridine rings is 2. The SMILES string of the molecule is CCN(CC)c1ccc(NC(=O)Cn2cc(C(=O)c3ccncc3)c(=O)c3cc(Cl)ccc32)c(C)c1. The van der Waals surface area contributed by atoms with Crippen molar-refractivity contribution >= 4 is 45.6 Å². The quantitative estimate of drug-likeness (QED) is 0.340. The smallest absolute Gasteiger partial charge is 0.244 e. The van der Waals surface area contributed by atoms with Crippen LogP contribution in [-0.2, 0) is 11.3 Å². The van der Waals surface area contributed by atoms with Crippen molar-refractivity contribution in [3.63, 3.8) is 0 Å². The summed E-state index contributed by atoms with van der Waals surface area (Å²) in [6.07, 6.45) is 4.42. The summed E-state index contributed by atoms with van der Waals surface area (Å²) in [6.45, 7) is 7.85. The second kappa shape index (κ2) is 10.7. The van der Waals surface area contributed by atoms with Crippen molar-refractivity contribution in [3.8, 4) is 0 Å². The van der Waals surface area contributed by atoms with Crippen LogP contribution in [0, 0.1) is 6.92 Å². The fourth-order valence-electron chi connectivity index (χ4n) is 4.24. The lowest BCUT2D eigenvalue weighted by atomic mass is 10.0. The summed E-state index contributed by atoms with van der Waals surface area (Å²) < 4.78 is 1.61. The number of halogens is 1. The Kier molecular flexibility index (Phi) is 7.50. The number of nitrogens with zero attached hydrogens (tertiary/aromatic N) is 3. The van der Waals surface area contributed by atoms with E-state index in [1.807, 2.05) is 25.1 Å². The highest BCUT2D eigenvalue weighted by molar-refractivity contribution is 6.31. The summed E-state index contributed by atoms with van der Waals surface area (Å²) in [5, 5.41) is 3.60. The molecule has 0 spiro atoms. The normalized spacial score (nSPS) is 10.9. The molecule has 1 amide bonds. The van der Waals surface area contributed by atoms with Crippen LogP contribution in [0.1, 0.15) is 35.3 Å². The van der Waals surface area contributed by atoms with Gasteiger partial charge < -0.3 is 14.8 Å². The van der Waals surface area contributed by atoms with Crippen molar-refractivity contribution in [2.24, 2.45) is 0 Å². The standard InChI is InChI=1S/C28H27ClN4O3/c1-4-32(5-2)21-7-8-24(18(3)14-21)31-26(34)17-33-16-23(27(35)19-10-12-30-13-11-19)28(36)22-15-20(29)6-9-25(22)33/h6-16H,4-5,17H2,1-3H3,(H,31,34). The molecule has 0 atom stereocenters. The predicted octanol–water partition coefficient (Wildman–Crippen LogP) is 5.07. The summed E-state index contributed by atoms with van der Waals surface area (Å²) >= 11 is 6.15. The van der Waals surface area contributed by atoms with Crippen molar-refractivity contribution in [3.05, 3.63) is 99.1 Å². The van der Waals surface area contributed by atoms with Gasteiger partial charge in [-0.2, -0.15) is 0 Å². The molecule has 0 aliphatic rings. The third-order valence-corrected chi connectivity index (χ3v) is 6.39. The lowest BCUT2D eigenvalue weighted by Crippen LogP contribution is -2.24. The van der Waals surface area contributed by atoms with E-state index in [1.165, 1.54) is 24.7 Å². The summed E-state index contributed by atoms with van der Waals surface area (Å²) in [5.41, 5.74) is 3.12. The number of ketones is 1. The molecule has 0 saturated heterocycles. The number of hydrogen-bond acceptors (Lipinski definition) is 5. The number of aromatic nitrogens is 2. The first-order valence-corrected chi connectivity index (χ1v) is 12.1. The van der Waals surface area contributed by atoms with Crippen LogP contribution in [0.3, 0.4) is 0 Å². The second-order valence-corrected chi connectivity index (χ2v) is 8.88. The average Bonchev–Trinajstić information content (AvgIpc) is 2.88.